The van der Waals surface area contributed by atoms with Crippen LogP contribution in [-0.4, -0.2) is 41.0 Å². The van der Waals surface area contributed by atoms with Gasteiger partial charge in [0.25, 0.3) is 5.91 Å². The normalized spacial score (nSPS) is 14.4. The summed E-state index contributed by atoms with van der Waals surface area (Å²) in [6, 6.07) is 9.57. The minimum Gasteiger partial charge on any atom is -0.760 e. The SMILES string of the molecule is Cc1cc2c(cc1CCNS(=O)[O-])C(=O)N(c1cccc(-c3nncn3C(C)C)n1)C2. The second-order valence-electron chi connectivity index (χ2n) is 7.74. The van der Waals surface area contributed by atoms with E-state index in [4.69, 9.17) is 4.98 Å². The molecule has 0 saturated heterocycles. The van der Waals surface area contributed by atoms with Gasteiger partial charge in [-0.05, 0) is 62.1 Å². The third-order valence-corrected chi connectivity index (χ3v) is 5.79. The zero-order valence-corrected chi connectivity index (χ0v) is 18.3. The summed E-state index contributed by atoms with van der Waals surface area (Å²) in [5.74, 6) is 1.09. The van der Waals surface area contributed by atoms with Crippen LogP contribution in [0.1, 0.15) is 46.9 Å². The van der Waals surface area contributed by atoms with E-state index in [0.717, 1.165) is 16.7 Å². The van der Waals surface area contributed by atoms with Gasteiger partial charge in [-0.15, -0.1) is 10.2 Å². The fourth-order valence-corrected chi connectivity index (χ4v) is 4.02. The Morgan fingerprint density at radius 2 is 2.10 bits per heavy atom. The standard InChI is InChI=1S/C21H24N6O3S/c1-13(2)27-12-22-25-20(27)18-5-4-6-19(24-18)26-11-16-9-14(3)15(7-8-23-31(29)30)10-17(16)21(26)28/h4-6,9-10,12-13,23H,7-8,11H2,1-3H3,(H,29,30)/p-1. The van der Waals surface area contributed by atoms with Crippen molar-refractivity contribution >= 4 is 23.0 Å². The molecule has 10 heteroatoms. The molecule has 9 nitrogen and oxygen atoms in total. The molecule has 3 heterocycles. The maximum Gasteiger partial charge on any atom is 0.260 e. The molecule has 0 radical (unpaired) electrons. The Morgan fingerprint density at radius 3 is 2.84 bits per heavy atom. The number of carbonyl (C=O) groups is 1. The Morgan fingerprint density at radius 1 is 1.29 bits per heavy atom. The third kappa shape index (κ3) is 4.27. The van der Waals surface area contributed by atoms with Crippen LogP contribution in [0.2, 0.25) is 0 Å². The number of aryl methyl sites for hydroxylation is 1. The van der Waals surface area contributed by atoms with Crippen LogP contribution >= 0.6 is 0 Å². The van der Waals surface area contributed by atoms with Crippen LogP contribution in [-0.2, 0) is 24.2 Å². The smallest absolute Gasteiger partial charge is 0.260 e. The lowest BCUT2D eigenvalue weighted by Gasteiger charge is -2.16. The second kappa shape index (κ2) is 8.66. The number of pyridine rings is 1. The van der Waals surface area contributed by atoms with Gasteiger partial charge in [0, 0.05) is 29.4 Å². The Bertz CT molecular complexity index is 1160. The van der Waals surface area contributed by atoms with Crippen molar-refractivity contribution in [3.05, 3.63) is 58.9 Å². The molecule has 0 aliphatic carbocycles. The zero-order valence-electron chi connectivity index (χ0n) is 17.5. The molecule has 0 spiro atoms. The van der Waals surface area contributed by atoms with Gasteiger partial charge in [0.1, 0.15) is 17.8 Å². The van der Waals surface area contributed by atoms with Gasteiger partial charge in [-0.3, -0.25) is 13.9 Å². The highest BCUT2D eigenvalue weighted by atomic mass is 32.2. The molecular formula is C21H23N6O3S-. The quantitative estimate of drug-likeness (QED) is 0.565. The summed E-state index contributed by atoms with van der Waals surface area (Å²) in [6.07, 6.45) is 2.19. The van der Waals surface area contributed by atoms with Gasteiger partial charge in [-0.1, -0.05) is 12.1 Å². The van der Waals surface area contributed by atoms with Gasteiger partial charge in [0.15, 0.2) is 5.82 Å². The number of benzene rings is 1. The topological polar surface area (TPSA) is 116 Å². The molecule has 3 aromatic rings. The first kappa shape index (κ1) is 21.3. The summed E-state index contributed by atoms with van der Waals surface area (Å²) in [6.45, 7) is 6.77. The minimum atomic E-state index is -2.30. The number of nitrogens with zero attached hydrogens (tertiary/aromatic N) is 5. The molecule has 1 aromatic carbocycles. The molecule has 2 aromatic heterocycles. The Labute approximate surface area is 182 Å². The second-order valence-corrected chi connectivity index (χ2v) is 8.50. The number of carbonyl (C=O) groups excluding carboxylic acids is 1. The number of rotatable bonds is 7. The van der Waals surface area contributed by atoms with E-state index in [1.807, 2.05) is 55.7 Å². The van der Waals surface area contributed by atoms with E-state index in [-0.39, 0.29) is 18.5 Å². The Balaban J connectivity index is 1.61. The van der Waals surface area contributed by atoms with Crippen molar-refractivity contribution in [2.75, 3.05) is 11.4 Å². The van der Waals surface area contributed by atoms with Gasteiger partial charge >= 0.3 is 0 Å². The van der Waals surface area contributed by atoms with Gasteiger partial charge in [-0.2, -0.15) is 0 Å². The number of nitrogens with one attached hydrogen (secondary N) is 1. The first-order valence-electron chi connectivity index (χ1n) is 9.99. The number of hydrogen-bond donors (Lipinski definition) is 1. The molecular weight excluding hydrogens is 416 g/mol. The van der Waals surface area contributed by atoms with Crippen LogP contribution in [0.5, 0.6) is 0 Å². The lowest BCUT2D eigenvalue weighted by Crippen LogP contribution is -2.24. The minimum absolute atomic E-state index is 0.119. The summed E-state index contributed by atoms with van der Waals surface area (Å²) < 4.78 is 25.7. The molecule has 0 fully saturated rings. The number of fused-ring (bicyclic) bond motifs is 1. The van der Waals surface area contributed by atoms with Crippen molar-refractivity contribution in [1.29, 1.82) is 0 Å². The predicted molar refractivity (Wildman–Crippen MR) is 116 cm³/mol. The average molecular weight is 440 g/mol. The maximum absolute atomic E-state index is 13.2. The fraction of sp³-hybridized carbons (Fsp3) is 0.333. The average Bonchev–Trinajstić information content (AvgIpc) is 3.34. The first-order valence-corrected chi connectivity index (χ1v) is 11.1. The number of hydrogen-bond acceptors (Lipinski definition) is 6. The molecule has 31 heavy (non-hydrogen) atoms. The van der Waals surface area contributed by atoms with Crippen molar-refractivity contribution in [2.45, 2.75) is 39.8 Å². The molecule has 1 aliphatic heterocycles. The van der Waals surface area contributed by atoms with Gasteiger partial charge in [0.05, 0.1) is 6.54 Å². The van der Waals surface area contributed by atoms with E-state index in [1.165, 1.54) is 0 Å². The molecule has 0 bridgehead atoms. The van der Waals surface area contributed by atoms with Crippen LogP contribution in [0.25, 0.3) is 11.5 Å². The van der Waals surface area contributed by atoms with E-state index in [0.29, 0.717) is 35.9 Å². The molecule has 0 saturated carbocycles. The van der Waals surface area contributed by atoms with Crippen molar-refractivity contribution < 1.29 is 13.6 Å². The lowest BCUT2D eigenvalue weighted by atomic mass is 9.99. The maximum atomic E-state index is 13.2. The van der Waals surface area contributed by atoms with Gasteiger partial charge in [-0.25, -0.2) is 9.71 Å². The highest BCUT2D eigenvalue weighted by molar-refractivity contribution is 7.77. The molecule has 162 valence electrons. The largest absolute Gasteiger partial charge is 0.760 e. The van der Waals surface area contributed by atoms with Gasteiger partial charge in [0.2, 0.25) is 0 Å². The molecule has 1 atom stereocenters. The highest BCUT2D eigenvalue weighted by Crippen LogP contribution is 2.31. The highest BCUT2D eigenvalue weighted by Gasteiger charge is 2.30. The summed E-state index contributed by atoms with van der Waals surface area (Å²) >= 11 is -2.30. The lowest BCUT2D eigenvalue weighted by molar-refractivity contribution is 0.0996. The molecule has 1 N–H and O–H groups in total. The zero-order chi connectivity index (χ0) is 22.1. The van der Waals surface area contributed by atoms with E-state index in [9.17, 15) is 13.6 Å². The van der Waals surface area contributed by atoms with Crippen molar-refractivity contribution in [1.82, 2.24) is 24.5 Å². The van der Waals surface area contributed by atoms with Crippen LogP contribution in [0.4, 0.5) is 5.82 Å². The van der Waals surface area contributed by atoms with Crippen LogP contribution in [0, 0.1) is 6.92 Å². The monoisotopic (exact) mass is 439 g/mol. The predicted octanol–water partition coefficient (Wildman–Crippen LogP) is 2.32. The van der Waals surface area contributed by atoms with E-state index in [2.05, 4.69) is 14.9 Å². The fourth-order valence-electron chi connectivity index (χ4n) is 3.76. The van der Waals surface area contributed by atoms with Crippen molar-refractivity contribution in [2.24, 2.45) is 0 Å². The Kier molecular flexibility index (Phi) is 5.94. The van der Waals surface area contributed by atoms with E-state index < -0.39 is 11.3 Å². The van der Waals surface area contributed by atoms with E-state index >= 15 is 0 Å². The number of amides is 1. The number of aromatic nitrogens is 4. The summed E-state index contributed by atoms with van der Waals surface area (Å²) in [5, 5.41) is 8.19. The van der Waals surface area contributed by atoms with Crippen molar-refractivity contribution in [3.8, 4) is 11.5 Å². The number of anilines is 1. The molecule has 4 rings (SSSR count). The Hall–Kier alpha value is -2.95. The van der Waals surface area contributed by atoms with Crippen molar-refractivity contribution in [3.63, 3.8) is 0 Å². The summed E-state index contributed by atoms with van der Waals surface area (Å²) in [4.78, 5) is 19.5. The molecule has 1 amide bonds. The molecule has 1 aliphatic rings. The van der Waals surface area contributed by atoms with E-state index in [1.54, 1.807) is 11.2 Å². The summed E-state index contributed by atoms with van der Waals surface area (Å²) in [7, 11) is 0. The first-order chi connectivity index (χ1) is 14.8. The van der Waals surface area contributed by atoms with Crippen LogP contribution in [0.15, 0.2) is 36.7 Å². The van der Waals surface area contributed by atoms with Crippen LogP contribution in [0.3, 0.4) is 0 Å². The van der Waals surface area contributed by atoms with Crippen LogP contribution < -0.4 is 9.62 Å². The summed E-state index contributed by atoms with van der Waals surface area (Å²) in [5.41, 5.74) is 4.18. The van der Waals surface area contributed by atoms with Gasteiger partial charge < -0.3 is 9.12 Å². The molecule has 1 unspecified atom stereocenters. The third-order valence-electron chi connectivity index (χ3n) is 5.35.